The lowest BCUT2D eigenvalue weighted by Crippen LogP contribution is -2.36. The van der Waals surface area contributed by atoms with E-state index in [1.165, 1.54) is 12.8 Å². The van der Waals surface area contributed by atoms with Gasteiger partial charge in [0.2, 0.25) is 0 Å². The number of nitriles is 1. The van der Waals surface area contributed by atoms with Gasteiger partial charge < -0.3 is 10.2 Å². The van der Waals surface area contributed by atoms with E-state index in [1.54, 1.807) is 12.4 Å². The molecule has 2 aliphatic rings. The summed E-state index contributed by atoms with van der Waals surface area (Å²) < 4.78 is 0. The van der Waals surface area contributed by atoms with Gasteiger partial charge >= 0.3 is 0 Å². The zero-order valence-corrected chi connectivity index (χ0v) is 9.63. The zero-order chi connectivity index (χ0) is 11.7. The molecular weight excluding hydrogens is 214 g/mol. The smallest absolute Gasteiger partial charge is 0.183 e. The molecule has 3 heterocycles. The van der Waals surface area contributed by atoms with Gasteiger partial charge in [-0.25, -0.2) is 9.97 Å². The van der Waals surface area contributed by atoms with Crippen LogP contribution in [0, 0.1) is 11.3 Å². The van der Waals surface area contributed by atoms with Crippen molar-refractivity contribution in [2.75, 3.05) is 18.0 Å². The fraction of sp³-hybridized carbons (Fsp3) is 0.583. The summed E-state index contributed by atoms with van der Waals surface area (Å²) in [4.78, 5) is 10.6. The van der Waals surface area contributed by atoms with Crippen molar-refractivity contribution in [3.05, 3.63) is 18.1 Å². The van der Waals surface area contributed by atoms with Gasteiger partial charge in [-0.3, -0.25) is 0 Å². The van der Waals surface area contributed by atoms with Crippen LogP contribution in [0.4, 0.5) is 5.82 Å². The molecule has 0 radical (unpaired) electrons. The molecule has 1 aromatic rings. The Labute approximate surface area is 100 Å². The maximum Gasteiger partial charge on any atom is 0.183 e. The van der Waals surface area contributed by atoms with Crippen LogP contribution in [0.25, 0.3) is 0 Å². The Kier molecular flexibility index (Phi) is 2.65. The number of nitrogens with one attached hydrogen (secondary N) is 1. The molecule has 2 fully saturated rings. The van der Waals surface area contributed by atoms with Crippen LogP contribution in [0.15, 0.2) is 12.4 Å². The minimum absolute atomic E-state index is 0.435. The third kappa shape index (κ3) is 1.96. The summed E-state index contributed by atoms with van der Waals surface area (Å²) in [5.74, 6) is 0.740. The largest absolute Gasteiger partial charge is 0.353 e. The predicted octanol–water partition coefficient (Wildman–Crippen LogP) is 0.679. The standard InChI is InChI=1S/C12H15N5/c13-7-11-12(15-5-4-14-11)17-6-3-9-1-2-10(8-17)16-9/h4-5,9-10,16H,1-3,6,8H2. The van der Waals surface area contributed by atoms with Crippen molar-refractivity contribution >= 4 is 5.82 Å². The van der Waals surface area contributed by atoms with Gasteiger partial charge in [0.1, 0.15) is 6.07 Å². The van der Waals surface area contributed by atoms with Gasteiger partial charge in [0.05, 0.1) is 0 Å². The summed E-state index contributed by atoms with van der Waals surface area (Å²) in [5.41, 5.74) is 0.435. The number of anilines is 1. The molecule has 88 valence electrons. The number of fused-ring (bicyclic) bond motifs is 2. The minimum Gasteiger partial charge on any atom is -0.353 e. The number of aromatic nitrogens is 2. The molecule has 17 heavy (non-hydrogen) atoms. The number of hydrogen-bond donors (Lipinski definition) is 1. The lowest BCUT2D eigenvalue weighted by molar-refractivity contribution is 0.563. The molecule has 0 spiro atoms. The van der Waals surface area contributed by atoms with Gasteiger partial charge in [-0.05, 0) is 19.3 Å². The average Bonchev–Trinajstić information content (AvgIpc) is 2.69. The summed E-state index contributed by atoms with van der Waals surface area (Å²) in [6.07, 6.45) is 6.86. The van der Waals surface area contributed by atoms with Crippen molar-refractivity contribution in [1.29, 1.82) is 5.26 Å². The van der Waals surface area contributed by atoms with Crippen LogP contribution in [-0.4, -0.2) is 35.1 Å². The van der Waals surface area contributed by atoms with Crippen LogP contribution in [0.1, 0.15) is 25.0 Å². The summed E-state index contributed by atoms with van der Waals surface area (Å²) >= 11 is 0. The van der Waals surface area contributed by atoms with E-state index in [1.807, 2.05) is 0 Å². The first-order chi connectivity index (χ1) is 8.36. The normalized spacial score (nSPS) is 27.6. The highest BCUT2D eigenvalue weighted by Crippen LogP contribution is 2.24. The second kappa shape index (κ2) is 4.30. The number of nitrogens with zero attached hydrogens (tertiary/aromatic N) is 4. The fourth-order valence-corrected chi connectivity index (χ4v) is 2.78. The van der Waals surface area contributed by atoms with Crippen molar-refractivity contribution in [2.24, 2.45) is 0 Å². The van der Waals surface area contributed by atoms with Crippen LogP contribution in [0.2, 0.25) is 0 Å². The summed E-state index contributed by atoms with van der Waals surface area (Å²) in [5, 5.41) is 12.7. The third-order valence-corrected chi connectivity index (χ3v) is 3.61. The Bertz CT molecular complexity index is 452. The molecule has 0 aliphatic carbocycles. The van der Waals surface area contributed by atoms with Gasteiger partial charge in [-0.15, -0.1) is 0 Å². The molecule has 2 bridgehead atoms. The molecular formula is C12H15N5. The Morgan fingerprint density at radius 3 is 2.94 bits per heavy atom. The molecule has 0 aromatic carbocycles. The second-order valence-electron chi connectivity index (χ2n) is 4.71. The van der Waals surface area contributed by atoms with Crippen LogP contribution < -0.4 is 10.2 Å². The molecule has 0 amide bonds. The molecule has 5 nitrogen and oxygen atoms in total. The molecule has 5 heteroatoms. The summed E-state index contributed by atoms with van der Waals surface area (Å²) in [6.45, 7) is 1.89. The molecule has 2 saturated heterocycles. The summed E-state index contributed by atoms with van der Waals surface area (Å²) in [6, 6.07) is 3.31. The predicted molar refractivity (Wildman–Crippen MR) is 63.5 cm³/mol. The summed E-state index contributed by atoms with van der Waals surface area (Å²) in [7, 11) is 0. The van der Waals surface area contributed by atoms with E-state index in [9.17, 15) is 0 Å². The molecule has 2 atom stereocenters. The highest BCUT2D eigenvalue weighted by atomic mass is 15.2. The van der Waals surface area contributed by atoms with Crippen molar-refractivity contribution in [3.63, 3.8) is 0 Å². The first-order valence-electron chi connectivity index (χ1n) is 6.09. The molecule has 1 aromatic heterocycles. The van der Waals surface area contributed by atoms with Crippen molar-refractivity contribution in [3.8, 4) is 6.07 Å². The zero-order valence-electron chi connectivity index (χ0n) is 9.63. The van der Waals surface area contributed by atoms with Crippen molar-refractivity contribution in [1.82, 2.24) is 15.3 Å². The first kappa shape index (κ1) is 10.5. The van der Waals surface area contributed by atoms with E-state index >= 15 is 0 Å². The van der Waals surface area contributed by atoms with Gasteiger partial charge in [0.25, 0.3) is 0 Å². The Morgan fingerprint density at radius 2 is 2.06 bits per heavy atom. The topological polar surface area (TPSA) is 64.8 Å². The maximum atomic E-state index is 9.06. The van der Waals surface area contributed by atoms with Gasteiger partial charge in [-0.2, -0.15) is 5.26 Å². The quantitative estimate of drug-likeness (QED) is 0.767. The Hall–Kier alpha value is -1.67. The highest BCUT2D eigenvalue weighted by molar-refractivity contribution is 5.49. The minimum atomic E-state index is 0.435. The molecule has 2 aliphatic heterocycles. The first-order valence-corrected chi connectivity index (χ1v) is 6.09. The van der Waals surface area contributed by atoms with Crippen molar-refractivity contribution < 1.29 is 0 Å². The van der Waals surface area contributed by atoms with Crippen molar-refractivity contribution in [2.45, 2.75) is 31.3 Å². The highest BCUT2D eigenvalue weighted by Gasteiger charge is 2.30. The molecule has 2 unspecified atom stereocenters. The van der Waals surface area contributed by atoms with Crippen LogP contribution in [-0.2, 0) is 0 Å². The number of hydrogen-bond acceptors (Lipinski definition) is 5. The van der Waals surface area contributed by atoms with E-state index in [0.29, 0.717) is 17.8 Å². The van der Waals surface area contributed by atoms with Crippen LogP contribution in [0.3, 0.4) is 0 Å². The van der Waals surface area contributed by atoms with Gasteiger partial charge in [0.15, 0.2) is 11.5 Å². The van der Waals surface area contributed by atoms with E-state index in [2.05, 4.69) is 26.3 Å². The van der Waals surface area contributed by atoms with Crippen LogP contribution in [0.5, 0.6) is 0 Å². The molecule has 3 rings (SSSR count). The van der Waals surface area contributed by atoms with Crippen LogP contribution >= 0.6 is 0 Å². The van der Waals surface area contributed by atoms with Gasteiger partial charge in [-0.1, -0.05) is 0 Å². The fourth-order valence-electron chi connectivity index (χ4n) is 2.78. The second-order valence-corrected chi connectivity index (χ2v) is 4.71. The SMILES string of the molecule is N#Cc1nccnc1N1CCC2CCC(C1)N2. The molecule has 0 saturated carbocycles. The van der Waals surface area contributed by atoms with E-state index in [-0.39, 0.29) is 0 Å². The van der Waals surface area contributed by atoms with E-state index < -0.39 is 0 Å². The average molecular weight is 229 g/mol. The lowest BCUT2D eigenvalue weighted by atomic mass is 10.1. The molecule has 1 N–H and O–H groups in total. The monoisotopic (exact) mass is 229 g/mol. The van der Waals surface area contributed by atoms with E-state index in [4.69, 9.17) is 5.26 Å². The van der Waals surface area contributed by atoms with E-state index in [0.717, 1.165) is 25.3 Å². The Balaban J connectivity index is 1.86. The third-order valence-electron chi connectivity index (χ3n) is 3.61. The Morgan fingerprint density at radius 1 is 1.24 bits per heavy atom. The lowest BCUT2D eigenvalue weighted by Gasteiger charge is -2.25. The van der Waals surface area contributed by atoms with Gasteiger partial charge in [0, 0.05) is 37.6 Å². The maximum absolute atomic E-state index is 9.06. The number of rotatable bonds is 1.